The van der Waals surface area contributed by atoms with Crippen molar-refractivity contribution in [3.8, 4) is 0 Å². The number of allylic oxidation sites excluding steroid dienone is 1. The molecule has 8 heteroatoms. The number of rotatable bonds is 6. The van der Waals surface area contributed by atoms with Gasteiger partial charge < -0.3 is 24.4 Å². The quantitative estimate of drug-likeness (QED) is 0.577. The lowest BCUT2D eigenvalue weighted by atomic mass is 9.93. The molecule has 2 heterocycles. The smallest absolute Gasteiger partial charge is 0.309 e. The molecular formula is C29H40FN2O5. The van der Waals surface area contributed by atoms with E-state index in [0.717, 1.165) is 12.0 Å². The number of halogens is 1. The minimum absolute atomic E-state index is 0.0186. The van der Waals surface area contributed by atoms with Crippen LogP contribution in [0.1, 0.15) is 45.6 Å². The Hall–Kier alpha value is -2.71. The van der Waals surface area contributed by atoms with Crippen LogP contribution in [0.3, 0.4) is 0 Å². The lowest BCUT2D eigenvalue weighted by Gasteiger charge is -2.35. The van der Waals surface area contributed by atoms with Crippen molar-refractivity contribution in [3.05, 3.63) is 53.7 Å². The zero-order valence-electron chi connectivity index (χ0n) is 22.4. The first-order valence-electron chi connectivity index (χ1n) is 13.1. The van der Waals surface area contributed by atoms with Crippen LogP contribution in [0, 0.1) is 24.1 Å². The minimum atomic E-state index is -0.740. The van der Waals surface area contributed by atoms with Crippen molar-refractivity contribution in [2.45, 2.75) is 52.2 Å². The fourth-order valence-electron chi connectivity index (χ4n) is 4.75. The molecule has 1 aromatic rings. The standard InChI is InChI=1S/C29H40FN2O5/c1-20-6-5-7-21(2)29(37-28(35)18-26(33)9-8-20)22(3)14-23-15-24(30)17-25(16-23)32-11-10-31(12-13-36-4)27(34)19-32/h5-7,14-17,20-21,26,29,33H,8-13,18-19H2,1-4H3/b7-5+,22-14+/t20-,21+,26+,29+/m1/s1. The molecule has 1 amide bonds. The lowest BCUT2D eigenvalue weighted by Crippen LogP contribution is -2.51. The summed E-state index contributed by atoms with van der Waals surface area (Å²) in [4.78, 5) is 28.8. The largest absolute Gasteiger partial charge is 0.457 e. The fourth-order valence-corrected chi connectivity index (χ4v) is 4.75. The maximum atomic E-state index is 14.6. The van der Waals surface area contributed by atoms with E-state index in [4.69, 9.17) is 9.47 Å². The molecule has 0 aromatic heterocycles. The van der Waals surface area contributed by atoms with E-state index in [1.165, 1.54) is 12.1 Å². The van der Waals surface area contributed by atoms with Crippen LogP contribution in [0.2, 0.25) is 0 Å². The molecule has 1 fully saturated rings. The Bertz CT molecular complexity index is 995. The number of hydrogen-bond acceptors (Lipinski definition) is 6. The number of nitrogens with zero attached hydrogens (tertiary/aromatic N) is 2. The predicted octanol–water partition coefficient (Wildman–Crippen LogP) is 4.01. The first-order valence-corrected chi connectivity index (χ1v) is 13.1. The van der Waals surface area contributed by atoms with Crippen LogP contribution in [-0.2, 0) is 19.1 Å². The van der Waals surface area contributed by atoms with Gasteiger partial charge in [0, 0.05) is 38.3 Å². The molecule has 0 saturated carbocycles. The number of anilines is 1. The van der Waals surface area contributed by atoms with Crippen LogP contribution in [0.15, 0.2) is 35.9 Å². The number of carbonyl (C=O) groups excluding carboxylic acids is 2. The molecule has 2 aliphatic heterocycles. The molecule has 4 atom stereocenters. The van der Waals surface area contributed by atoms with Gasteiger partial charge in [0.05, 0.1) is 25.7 Å². The third-order valence-electron chi connectivity index (χ3n) is 6.94. The highest BCUT2D eigenvalue weighted by molar-refractivity contribution is 5.83. The first-order chi connectivity index (χ1) is 17.7. The van der Waals surface area contributed by atoms with Gasteiger partial charge in [0.2, 0.25) is 5.91 Å². The molecule has 1 radical (unpaired) electrons. The van der Waals surface area contributed by atoms with Crippen LogP contribution in [0.25, 0.3) is 6.08 Å². The van der Waals surface area contributed by atoms with Gasteiger partial charge >= 0.3 is 5.97 Å². The number of methoxy groups -OCH3 is 1. The van der Waals surface area contributed by atoms with Gasteiger partial charge in [-0.05, 0) is 61.4 Å². The highest BCUT2D eigenvalue weighted by Crippen LogP contribution is 2.26. The number of esters is 1. The summed E-state index contributed by atoms with van der Waals surface area (Å²) in [5.74, 6) is -0.697. The van der Waals surface area contributed by atoms with Gasteiger partial charge in [-0.25, -0.2) is 4.39 Å². The van der Waals surface area contributed by atoms with Gasteiger partial charge in [-0.15, -0.1) is 0 Å². The highest BCUT2D eigenvalue weighted by atomic mass is 19.1. The zero-order valence-corrected chi connectivity index (χ0v) is 22.4. The maximum Gasteiger partial charge on any atom is 0.309 e. The third-order valence-corrected chi connectivity index (χ3v) is 6.94. The number of cyclic esters (lactones) is 1. The molecule has 7 nitrogen and oxygen atoms in total. The van der Waals surface area contributed by atoms with Crippen LogP contribution >= 0.6 is 0 Å². The summed E-state index contributed by atoms with van der Waals surface area (Å²) in [6.07, 6.45) is 7.89. The number of aliphatic hydroxyl groups is 1. The Morgan fingerprint density at radius 3 is 2.73 bits per heavy atom. The second kappa shape index (κ2) is 13.7. The molecule has 0 bridgehead atoms. The number of aliphatic hydroxyl groups excluding tert-OH is 1. The monoisotopic (exact) mass is 515 g/mol. The molecule has 37 heavy (non-hydrogen) atoms. The van der Waals surface area contributed by atoms with Crippen molar-refractivity contribution in [1.29, 1.82) is 0 Å². The van der Waals surface area contributed by atoms with E-state index in [1.807, 2.05) is 43.0 Å². The van der Waals surface area contributed by atoms with Gasteiger partial charge in [0.15, 0.2) is 0 Å². The highest BCUT2D eigenvalue weighted by Gasteiger charge is 2.26. The molecular weight excluding hydrogens is 475 g/mol. The van der Waals surface area contributed by atoms with E-state index < -0.39 is 24.0 Å². The van der Waals surface area contributed by atoms with E-state index in [1.54, 1.807) is 12.0 Å². The second-order valence-electron chi connectivity index (χ2n) is 10.2. The third kappa shape index (κ3) is 8.68. The number of hydrogen-bond donors (Lipinski definition) is 1. The average molecular weight is 516 g/mol. The number of ether oxygens (including phenoxy) is 2. The summed E-state index contributed by atoms with van der Waals surface area (Å²) >= 11 is 0. The Morgan fingerprint density at radius 2 is 2.00 bits per heavy atom. The normalized spacial score (nSPS) is 27.4. The van der Waals surface area contributed by atoms with Crippen molar-refractivity contribution in [2.24, 2.45) is 11.8 Å². The van der Waals surface area contributed by atoms with Crippen LogP contribution in [0.4, 0.5) is 10.1 Å². The summed E-state index contributed by atoms with van der Waals surface area (Å²) in [7, 11) is 1.60. The Morgan fingerprint density at radius 1 is 1.22 bits per heavy atom. The van der Waals surface area contributed by atoms with E-state index in [-0.39, 0.29) is 24.8 Å². The Labute approximate surface area is 219 Å². The number of piperazine rings is 1. The Kier molecular flexibility index (Phi) is 10.7. The molecule has 1 aromatic carbocycles. The van der Waals surface area contributed by atoms with Gasteiger partial charge in [0.25, 0.3) is 0 Å². The number of amides is 1. The fraction of sp³-hybridized carbons (Fsp3) is 0.552. The van der Waals surface area contributed by atoms with Gasteiger partial charge in [-0.2, -0.15) is 0 Å². The van der Waals surface area contributed by atoms with Crippen molar-refractivity contribution >= 4 is 23.6 Å². The van der Waals surface area contributed by atoms with Crippen LogP contribution in [0.5, 0.6) is 0 Å². The molecule has 3 rings (SSSR count). The van der Waals surface area contributed by atoms with Crippen LogP contribution < -0.4 is 4.90 Å². The summed E-state index contributed by atoms with van der Waals surface area (Å²) in [5, 5.41) is 10.2. The SMILES string of the molecule is COCCN1CCN(c2cc(F)cc(/C=C(\C)[C@H]3OC(=O)C[C@@H](O)CC[C@H](C)[CH]/C=C/[C@@H]3C)c2)CC1=O. The van der Waals surface area contributed by atoms with Crippen molar-refractivity contribution in [2.75, 3.05) is 44.8 Å². The van der Waals surface area contributed by atoms with Crippen molar-refractivity contribution < 1.29 is 28.6 Å². The molecule has 0 spiro atoms. The van der Waals surface area contributed by atoms with Crippen molar-refractivity contribution in [3.63, 3.8) is 0 Å². The average Bonchev–Trinajstić information content (AvgIpc) is 2.84. The van der Waals surface area contributed by atoms with Gasteiger partial charge in [-0.1, -0.05) is 32.1 Å². The Balaban J connectivity index is 1.80. The van der Waals surface area contributed by atoms with E-state index in [2.05, 4.69) is 13.3 Å². The molecule has 0 aliphatic carbocycles. The predicted molar refractivity (Wildman–Crippen MR) is 142 cm³/mol. The first kappa shape index (κ1) is 28.9. The second-order valence-corrected chi connectivity index (χ2v) is 10.2. The van der Waals surface area contributed by atoms with Crippen molar-refractivity contribution in [1.82, 2.24) is 4.90 Å². The topological polar surface area (TPSA) is 79.3 Å². The van der Waals surface area contributed by atoms with Gasteiger partial charge in [-0.3, -0.25) is 9.59 Å². The summed E-state index contributed by atoms with van der Waals surface area (Å²) in [5.41, 5.74) is 2.02. The number of benzene rings is 1. The number of carbonyl (C=O) groups is 2. The van der Waals surface area contributed by atoms with Gasteiger partial charge in [0.1, 0.15) is 11.9 Å². The van der Waals surface area contributed by atoms with E-state index >= 15 is 0 Å². The summed E-state index contributed by atoms with van der Waals surface area (Å²) in [6, 6.07) is 4.71. The summed E-state index contributed by atoms with van der Waals surface area (Å²) in [6.45, 7) is 8.26. The molecule has 203 valence electrons. The molecule has 1 N–H and O–H groups in total. The molecule has 2 aliphatic rings. The zero-order chi connectivity index (χ0) is 26.9. The lowest BCUT2D eigenvalue weighted by molar-refractivity contribution is -0.151. The summed E-state index contributed by atoms with van der Waals surface area (Å²) < 4.78 is 25.5. The van der Waals surface area contributed by atoms with E-state index in [9.17, 15) is 19.1 Å². The van der Waals surface area contributed by atoms with E-state index in [0.29, 0.717) is 49.8 Å². The van der Waals surface area contributed by atoms with Crippen LogP contribution in [-0.4, -0.2) is 74.0 Å². The molecule has 1 saturated heterocycles. The maximum absolute atomic E-state index is 14.6. The molecule has 0 unspecified atom stereocenters. The minimum Gasteiger partial charge on any atom is -0.457 e.